The summed E-state index contributed by atoms with van der Waals surface area (Å²) in [7, 11) is 1.60. The second-order valence-corrected chi connectivity index (χ2v) is 4.82. The van der Waals surface area contributed by atoms with Crippen LogP contribution in [0.25, 0.3) is 0 Å². The number of likely N-dealkylation sites (tertiary alicyclic amines) is 1. The quantitative estimate of drug-likeness (QED) is 0.756. The number of carbonyl (C=O) groups excluding carboxylic acids is 1. The predicted molar refractivity (Wildman–Crippen MR) is 63.8 cm³/mol. The van der Waals surface area contributed by atoms with Crippen molar-refractivity contribution in [1.29, 1.82) is 0 Å². The third-order valence-corrected chi connectivity index (χ3v) is 2.26. The normalized spacial score (nSPS) is 25.2. The standard InChI is InChI=1S/C10H20N2O3.ClH/c1-10(2,3)15-9(13)12-5-7(11)8(6-12)14-4;/h7-8H,5-6,11H2,1-4H3;1H/t7-,8-;/m0./s1. The molecule has 0 aromatic rings. The van der Waals surface area contributed by atoms with Crippen molar-refractivity contribution in [1.82, 2.24) is 4.90 Å². The molecule has 1 aliphatic heterocycles. The highest BCUT2D eigenvalue weighted by Crippen LogP contribution is 2.16. The lowest BCUT2D eigenvalue weighted by molar-refractivity contribution is 0.0252. The number of hydrogen-bond acceptors (Lipinski definition) is 4. The number of methoxy groups -OCH3 is 1. The Morgan fingerprint density at radius 1 is 1.38 bits per heavy atom. The van der Waals surface area contributed by atoms with E-state index in [4.69, 9.17) is 15.2 Å². The van der Waals surface area contributed by atoms with Crippen LogP contribution in [0.5, 0.6) is 0 Å². The maximum atomic E-state index is 11.7. The molecule has 1 fully saturated rings. The Morgan fingerprint density at radius 2 is 1.94 bits per heavy atom. The Kier molecular flexibility index (Phi) is 5.52. The fourth-order valence-electron chi connectivity index (χ4n) is 1.52. The van der Waals surface area contributed by atoms with Crippen LogP contribution in [0.15, 0.2) is 0 Å². The monoisotopic (exact) mass is 252 g/mol. The predicted octanol–water partition coefficient (Wildman–Crippen LogP) is 1.00. The SMILES string of the molecule is CO[C@H]1CN(C(=O)OC(C)(C)C)C[C@@H]1N.Cl. The summed E-state index contributed by atoms with van der Waals surface area (Å²) in [6.45, 7) is 6.53. The zero-order valence-electron chi connectivity index (χ0n) is 10.2. The molecule has 0 aromatic heterocycles. The summed E-state index contributed by atoms with van der Waals surface area (Å²) in [4.78, 5) is 13.2. The van der Waals surface area contributed by atoms with Gasteiger partial charge in [0.15, 0.2) is 0 Å². The molecule has 0 spiro atoms. The zero-order valence-corrected chi connectivity index (χ0v) is 11.0. The van der Waals surface area contributed by atoms with E-state index < -0.39 is 5.60 Å². The molecule has 16 heavy (non-hydrogen) atoms. The molecule has 0 saturated carbocycles. The highest BCUT2D eigenvalue weighted by molar-refractivity contribution is 5.85. The van der Waals surface area contributed by atoms with Gasteiger partial charge in [-0.3, -0.25) is 0 Å². The zero-order chi connectivity index (χ0) is 11.6. The first-order valence-corrected chi connectivity index (χ1v) is 5.10. The smallest absolute Gasteiger partial charge is 0.410 e. The first-order valence-electron chi connectivity index (χ1n) is 5.10. The number of nitrogens with two attached hydrogens (primary N) is 1. The van der Waals surface area contributed by atoms with Crippen LogP contribution in [-0.4, -0.2) is 48.9 Å². The van der Waals surface area contributed by atoms with Gasteiger partial charge in [0.1, 0.15) is 5.60 Å². The number of halogens is 1. The minimum atomic E-state index is -0.466. The number of ether oxygens (including phenoxy) is 2. The Morgan fingerprint density at radius 3 is 2.31 bits per heavy atom. The van der Waals surface area contributed by atoms with Crippen LogP contribution in [0, 0.1) is 0 Å². The summed E-state index contributed by atoms with van der Waals surface area (Å²) in [6.07, 6.45) is -0.407. The van der Waals surface area contributed by atoms with Crippen molar-refractivity contribution in [3.05, 3.63) is 0 Å². The van der Waals surface area contributed by atoms with E-state index in [9.17, 15) is 4.79 Å². The Hall–Kier alpha value is -0.520. The third kappa shape index (κ3) is 4.15. The van der Waals surface area contributed by atoms with Crippen molar-refractivity contribution in [2.75, 3.05) is 20.2 Å². The van der Waals surface area contributed by atoms with Gasteiger partial charge in [-0.25, -0.2) is 4.79 Å². The topological polar surface area (TPSA) is 64.8 Å². The number of amides is 1. The molecule has 2 N–H and O–H groups in total. The van der Waals surface area contributed by atoms with Gasteiger partial charge in [0.2, 0.25) is 0 Å². The van der Waals surface area contributed by atoms with Crippen LogP contribution in [-0.2, 0) is 9.47 Å². The Balaban J connectivity index is 0.00000225. The van der Waals surface area contributed by atoms with Gasteiger partial charge in [-0.1, -0.05) is 0 Å². The van der Waals surface area contributed by atoms with Crippen molar-refractivity contribution in [3.8, 4) is 0 Å². The van der Waals surface area contributed by atoms with Gasteiger partial charge >= 0.3 is 6.09 Å². The summed E-state index contributed by atoms with van der Waals surface area (Å²) in [5.41, 5.74) is 5.34. The van der Waals surface area contributed by atoms with Crippen LogP contribution in [0.4, 0.5) is 4.79 Å². The van der Waals surface area contributed by atoms with Crippen molar-refractivity contribution in [2.24, 2.45) is 5.73 Å². The number of rotatable bonds is 1. The maximum Gasteiger partial charge on any atom is 0.410 e. The van der Waals surface area contributed by atoms with E-state index in [1.807, 2.05) is 20.8 Å². The summed E-state index contributed by atoms with van der Waals surface area (Å²) in [6, 6.07) is -0.123. The van der Waals surface area contributed by atoms with Gasteiger partial charge in [0.05, 0.1) is 18.7 Å². The number of nitrogens with zero attached hydrogens (tertiary/aromatic N) is 1. The average molecular weight is 253 g/mol. The lowest BCUT2D eigenvalue weighted by Crippen LogP contribution is -2.36. The second kappa shape index (κ2) is 5.70. The molecule has 96 valence electrons. The molecule has 1 heterocycles. The second-order valence-electron chi connectivity index (χ2n) is 4.82. The summed E-state index contributed by atoms with van der Waals surface area (Å²) in [5.74, 6) is 0. The fourth-order valence-corrected chi connectivity index (χ4v) is 1.52. The van der Waals surface area contributed by atoms with Crippen LogP contribution in [0.1, 0.15) is 20.8 Å². The molecular weight excluding hydrogens is 232 g/mol. The van der Waals surface area contributed by atoms with E-state index in [-0.39, 0.29) is 30.6 Å². The summed E-state index contributed by atoms with van der Waals surface area (Å²) in [5, 5.41) is 0. The first-order chi connectivity index (χ1) is 6.83. The van der Waals surface area contributed by atoms with Gasteiger partial charge in [-0.05, 0) is 20.8 Å². The van der Waals surface area contributed by atoms with Crippen LogP contribution < -0.4 is 5.73 Å². The minimum absolute atomic E-state index is 0. The molecule has 0 bridgehead atoms. The molecule has 1 saturated heterocycles. The van der Waals surface area contributed by atoms with Gasteiger partial charge < -0.3 is 20.1 Å². The largest absolute Gasteiger partial charge is 0.444 e. The Labute approximate surface area is 103 Å². The molecule has 0 aromatic carbocycles. The molecular formula is C10H21ClN2O3. The third-order valence-electron chi connectivity index (χ3n) is 2.26. The van der Waals surface area contributed by atoms with Gasteiger partial charge in [-0.15, -0.1) is 12.4 Å². The van der Waals surface area contributed by atoms with E-state index in [2.05, 4.69) is 0 Å². The molecule has 5 nitrogen and oxygen atoms in total. The van der Waals surface area contributed by atoms with Gasteiger partial charge in [-0.2, -0.15) is 0 Å². The van der Waals surface area contributed by atoms with Crippen molar-refractivity contribution < 1.29 is 14.3 Å². The molecule has 0 aliphatic carbocycles. The van der Waals surface area contributed by atoms with Gasteiger partial charge in [0, 0.05) is 13.7 Å². The average Bonchev–Trinajstić information content (AvgIpc) is 2.43. The number of hydrogen-bond donors (Lipinski definition) is 1. The fraction of sp³-hybridized carbons (Fsp3) is 0.900. The Bertz CT molecular complexity index is 243. The van der Waals surface area contributed by atoms with Crippen molar-refractivity contribution >= 4 is 18.5 Å². The molecule has 1 rings (SSSR count). The van der Waals surface area contributed by atoms with E-state index in [1.54, 1.807) is 12.0 Å². The van der Waals surface area contributed by atoms with Crippen molar-refractivity contribution in [2.45, 2.75) is 38.5 Å². The van der Waals surface area contributed by atoms with Gasteiger partial charge in [0.25, 0.3) is 0 Å². The van der Waals surface area contributed by atoms with Crippen molar-refractivity contribution in [3.63, 3.8) is 0 Å². The molecule has 6 heteroatoms. The highest BCUT2D eigenvalue weighted by Gasteiger charge is 2.35. The van der Waals surface area contributed by atoms with E-state index in [0.717, 1.165) is 0 Å². The summed E-state index contributed by atoms with van der Waals surface area (Å²) >= 11 is 0. The lowest BCUT2D eigenvalue weighted by Gasteiger charge is -2.24. The molecule has 1 amide bonds. The highest BCUT2D eigenvalue weighted by atomic mass is 35.5. The van der Waals surface area contributed by atoms with Crippen LogP contribution >= 0.6 is 12.4 Å². The minimum Gasteiger partial charge on any atom is -0.444 e. The molecule has 2 atom stereocenters. The lowest BCUT2D eigenvalue weighted by atomic mass is 10.2. The maximum absolute atomic E-state index is 11.7. The van der Waals surface area contributed by atoms with Crippen LogP contribution in [0.2, 0.25) is 0 Å². The molecule has 0 unspecified atom stereocenters. The molecule has 1 aliphatic rings. The van der Waals surface area contributed by atoms with Crippen LogP contribution in [0.3, 0.4) is 0 Å². The van der Waals surface area contributed by atoms with E-state index >= 15 is 0 Å². The number of carbonyl (C=O) groups is 1. The van der Waals surface area contributed by atoms with E-state index in [1.165, 1.54) is 0 Å². The molecule has 0 radical (unpaired) electrons. The summed E-state index contributed by atoms with van der Waals surface area (Å²) < 4.78 is 10.4. The first kappa shape index (κ1) is 15.5. The van der Waals surface area contributed by atoms with E-state index in [0.29, 0.717) is 13.1 Å².